The van der Waals surface area contributed by atoms with Crippen molar-refractivity contribution in [2.24, 2.45) is 0 Å². The van der Waals surface area contributed by atoms with Gasteiger partial charge in [-0.2, -0.15) is 0 Å². The number of ether oxygens (including phenoxy) is 1. The van der Waals surface area contributed by atoms with Crippen LogP contribution in [0.15, 0.2) is 11.6 Å². The first-order valence-electron chi connectivity index (χ1n) is 6.25. The smallest absolute Gasteiger partial charge is 0.240 e. The zero-order valence-corrected chi connectivity index (χ0v) is 12.5. The molecule has 0 aliphatic rings. The van der Waals surface area contributed by atoms with Crippen molar-refractivity contribution in [3.63, 3.8) is 0 Å². The number of hydrogen-bond acceptors (Lipinski definition) is 6. The highest BCUT2D eigenvalue weighted by atomic mass is 32.1. The summed E-state index contributed by atoms with van der Waals surface area (Å²) in [6.45, 7) is 1.52. The second-order valence-electron chi connectivity index (χ2n) is 4.25. The van der Waals surface area contributed by atoms with Gasteiger partial charge < -0.3 is 15.4 Å². The van der Waals surface area contributed by atoms with Gasteiger partial charge in [0.05, 0.1) is 13.1 Å². The third kappa shape index (κ3) is 7.17. The van der Waals surface area contributed by atoms with E-state index in [0.29, 0.717) is 18.3 Å². The van der Waals surface area contributed by atoms with E-state index in [1.54, 1.807) is 30.6 Å². The molecule has 0 saturated heterocycles. The Morgan fingerprint density at radius 3 is 2.80 bits per heavy atom. The Bertz CT molecular complexity index is 411. The highest BCUT2D eigenvalue weighted by molar-refractivity contribution is 7.13. The molecule has 20 heavy (non-hydrogen) atoms. The number of nitrogens with one attached hydrogen (secondary N) is 2. The first-order chi connectivity index (χ1) is 9.61. The molecule has 1 heterocycles. The zero-order valence-electron chi connectivity index (χ0n) is 11.7. The van der Waals surface area contributed by atoms with Crippen molar-refractivity contribution in [3.05, 3.63) is 11.6 Å². The van der Waals surface area contributed by atoms with Gasteiger partial charge >= 0.3 is 0 Å². The molecule has 2 amide bonds. The van der Waals surface area contributed by atoms with Crippen LogP contribution in [0.25, 0.3) is 0 Å². The first-order valence-corrected chi connectivity index (χ1v) is 7.13. The lowest BCUT2D eigenvalue weighted by molar-refractivity contribution is -0.123. The van der Waals surface area contributed by atoms with Gasteiger partial charge in [-0.3, -0.25) is 14.5 Å². The maximum atomic E-state index is 11.7. The van der Waals surface area contributed by atoms with Crippen molar-refractivity contribution in [2.45, 2.75) is 6.42 Å². The summed E-state index contributed by atoms with van der Waals surface area (Å²) in [5.74, 6) is -0.291. The Labute approximate surface area is 122 Å². The summed E-state index contributed by atoms with van der Waals surface area (Å²) in [5, 5.41) is 7.78. The summed E-state index contributed by atoms with van der Waals surface area (Å²) in [7, 11) is 3.34. The molecular formula is C12H20N4O3S. The van der Waals surface area contributed by atoms with Crippen LogP contribution in [0.4, 0.5) is 5.13 Å². The van der Waals surface area contributed by atoms with Crippen LogP contribution in [-0.4, -0.2) is 62.1 Å². The van der Waals surface area contributed by atoms with E-state index >= 15 is 0 Å². The lowest BCUT2D eigenvalue weighted by atomic mass is 10.4. The average Bonchev–Trinajstić information content (AvgIpc) is 2.87. The Morgan fingerprint density at radius 1 is 1.40 bits per heavy atom. The van der Waals surface area contributed by atoms with Gasteiger partial charge in [-0.25, -0.2) is 4.98 Å². The number of methoxy groups -OCH3 is 1. The molecule has 2 N–H and O–H groups in total. The predicted octanol–water partition coefficient (Wildman–Crippen LogP) is 0.166. The lowest BCUT2D eigenvalue weighted by Gasteiger charge is -2.15. The van der Waals surface area contributed by atoms with Gasteiger partial charge in [0.1, 0.15) is 0 Å². The fraction of sp³-hybridized carbons (Fsp3) is 0.583. The van der Waals surface area contributed by atoms with Crippen molar-refractivity contribution in [1.82, 2.24) is 15.2 Å². The molecule has 0 aromatic carbocycles. The number of hydrogen-bond donors (Lipinski definition) is 2. The van der Waals surface area contributed by atoms with Crippen molar-refractivity contribution < 1.29 is 14.3 Å². The highest BCUT2D eigenvalue weighted by Crippen LogP contribution is 2.09. The van der Waals surface area contributed by atoms with Crippen molar-refractivity contribution in [1.29, 1.82) is 0 Å². The summed E-state index contributed by atoms with van der Waals surface area (Å²) in [6.07, 6.45) is 2.40. The summed E-state index contributed by atoms with van der Waals surface area (Å²) in [6, 6.07) is 0. The van der Waals surface area contributed by atoms with Crippen molar-refractivity contribution in [3.8, 4) is 0 Å². The number of rotatable bonds is 9. The van der Waals surface area contributed by atoms with E-state index in [-0.39, 0.29) is 24.9 Å². The third-order valence-electron chi connectivity index (χ3n) is 2.35. The number of thiazole rings is 1. The topological polar surface area (TPSA) is 83.6 Å². The quantitative estimate of drug-likeness (QED) is 0.635. The molecule has 1 rings (SSSR count). The van der Waals surface area contributed by atoms with E-state index in [9.17, 15) is 9.59 Å². The Hall–Kier alpha value is -1.51. The molecule has 0 fully saturated rings. The summed E-state index contributed by atoms with van der Waals surface area (Å²) >= 11 is 1.36. The third-order valence-corrected chi connectivity index (χ3v) is 3.04. The summed E-state index contributed by atoms with van der Waals surface area (Å²) in [5.41, 5.74) is 0. The summed E-state index contributed by atoms with van der Waals surface area (Å²) < 4.78 is 4.89. The molecule has 0 aliphatic heterocycles. The maximum Gasteiger partial charge on any atom is 0.240 e. The molecule has 0 radical (unpaired) electrons. The van der Waals surface area contributed by atoms with Crippen LogP contribution < -0.4 is 10.6 Å². The molecule has 1 aromatic heterocycles. The highest BCUT2D eigenvalue weighted by Gasteiger charge is 2.11. The predicted molar refractivity (Wildman–Crippen MR) is 77.7 cm³/mol. The van der Waals surface area contributed by atoms with Gasteiger partial charge in [-0.1, -0.05) is 0 Å². The Balaban J connectivity index is 2.16. The maximum absolute atomic E-state index is 11.7. The molecule has 112 valence electrons. The molecule has 7 nitrogen and oxygen atoms in total. The molecule has 0 bridgehead atoms. The number of anilines is 1. The van der Waals surface area contributed by atoms with E-state index in [0.717, 1.165) is 6.42 Å². The normalized spacial score (nSPS) is 10.6. The summed E-state index contributed by atoms with van der Waals surface area (Å²) in [4.78, 5) is 28.9. The van der Waals surface area contributed by atoms with Crippen LogP contribution in [0.2, 0.25) is 0 Å². The molecular weight excluding hydrogens is 280 g/mol. The minimum atomic E-state index is -0.186. The lowest BCUT2D eigenvalue weighted by Crippen LogP contribution is -2.39. The van der Waals surface area contributed by atoms with E-state index in [1.807, 2.05) is 0 Å². The van der Waals surface area contributed by atoms with Gasteiger partial charge in [0, 0.05) is 31.8 Å². The number of carbonyl (C=O) groups excluding carboxylic acids is 2. The molecule has 8 heteroatoms. The fourth-order valence-electron chi connectivity index (χ4n) is 1.49. The minimum absolute atomic E-state index is 0.106. The largest absolute Gasteiger partial charge is 0.385 e. The van der Waals surface area contributed by atoms with Crippen LogP contribution >= 0.6 is 11.3 Å². The standard InChI is InChI=1S/C12H20N4O3S/c1-16(8-10(17)13-4-3-6-19-2)9-11(18)15-12-14-5-7-20-12/h5,7H,3-4,6,8-9H2,1-2H3,(H,13,17)(H,14,15,18). The van der Waals surface area contributed by atoms with Crippen LogP contribution in [0.3, 0.4) is 0 Å². The van der Waals surface area contributed by atoms with Crippen LogP contribution in [0.1, 0.15) is 6.42 Å². The van der Waals surface area contributed by atoms with E-state index in [4.69, 9.17) is 4.74 Å². The molecule has 0 spiro atoms. The number of likely N-dealkylation sites (N-methyl/N-ethyl adjacent to an activating group) is 1. The van der Waals surface area contributed by atoms with Crippen molar-refractivity contribution in [2.75, 3.05) is 45.7 Å². The van der Waals surface area contributed by atoms with E-state index in [2.05, 4.69) is 15.6 Å². The second kappa shape index (κ2) is 9.40. The van der Waals surface area contributed by atoms with Gasteiger partial charge in [-0.05, 0) is 13.5 Å². The fourth-order valence-corrected chi connectivity index (χ4v) is 2.04. The molecule has 1 aromatic rings. The first kappa shape index (κ1) is 16.5. The Morgan fingerprint density at radius 2 is 2.15 bits per heavy atom. The monoisotopic (exact) mass is 300 g/mol. The van der Waals surface area contributed by atoms with E-state index < -0.39 is 0 Å². The second-order valence-corrected chi connectivity index (χ2v) is 5.15. The molecule has 0 atom stereocenters. The Kier molecular flexibility index (Phi) is 7.78. The average molecular weight is 300 g/mol. The molecule has 0 saturated carbocycles. The number of amides is 2. The number of carbonyl (C=O) groups is 2. The van der Waals surface area contributed by atoms with Crippen molar-refractivity contribution >= 4 is 28.3 Å². The SMILES string of the molecule is COCCCNC(=O)CN(C)CC(=O)Nc1nccs1. The number of nitrogens with zero attached hydrogens (tertiary/aromatic N) is 2. The zero-order chi connectivity index (χ0) is 14.8. The molecule has 0 unspecified atom stereocenters. The van der Waals surface area contributed by atoms with Gasteiger partial charge in [0.15, 0.2) is 5.13 Å². The van der Waals surface area contributed by atoms with Gasteiger partial charge in [0.2, 0.25) is 11.8 Å². The van der Waals surface area contributed by atoms with Crippen LogP contribution in [0.5, 0.6) is 0 Å². The number of aromatic nitrogens is 1. The minimum Gasteiger partial charge on any atom is -0.385 e. The van der Waals surface area contributed by atoms with E-state index in [1.165, 1.54) is 11.3 Å². The van der Waals surface area contributed by atoms with Gasteiger partial charge in [0.25, 0.3) is 0 Å². The molecule has 0 aliphatic carbocycles. The van der Waals surface area contributed by atoms with Crippen LogP contribution in [-0.2, 0) is 14.3 Å². The van der Waals surface area contributed by atoms with Crippen LogP contribution in [0, 0.1) is 0 Å². The van der Waals surface area contributed by atoms with Gasteiger partial charge in [-0.15, -0.1) is 11.3 Å².